The molecule has 1 aromatic carbocycles. The average molecular weight is 387 g/mol. The van der Waals surface area contributed by atoms with Crippen LogP contribution in [0.25, 0.3) is 5.76 Å². The molecule has 4 saturated carbocycles. The van der Waals surface area contributed by atoms with E-state index in [0.29, 0.717) is 17.4 Å². The third-order valence-corrected chi connectivity index (χ3v) is 6.67. The molecule has 0 aromatic heterocycles. The van der Waals surface area contributed by atoms with Gasteiger partial charge in [-0.2, -0.15) is 0 Å². The van der Waals surface area contributed by atoms with Crippen LogP contribution >= 0.6 is 11.6 Å². The quantitative estimate of drug-likeness (QED) is 0.360. The van der Waals surface area contributed by atoms with Crippen molar-refractivity contribution in [1.82, 2.24) is 0 Å². The Kier molecular flexibility index (Phi) is 4.60. The number of esters is 1. The van der Waals surface area contributed by atoms with E-state index in [1.165, 1.54) is 25.5 Å². The maximum Gasteiger partial charge on any atom is 0.384 e. The Hall–Kier alpha value is -2.12. The summed E-state index contributed by atoms with van der Waals surface area (Å²) in [5, 5.41) is 10.4. The molecule has 4 aliphatic rings. The third-order valence-electron chi connectivity index (χ3n) is 6.21. The number of methoxy groups -OCH3 is 2. The van der Waals surface area contributed by atoms with Gasteiger partial charge in [-0.1, -0.05) is 5.92 Å². The molecule has 27 heavy (non-hydrogen) atoms. The molecule has 4 aliphatic carbocycles. The minimum absolute atomic E-state index is 0.0247. The van der Waals surface area contributed by atoms with Gasteiger partial charge in [-0.05, 0) is 73.6 Å². The summed E-state index contributed by atoms with van der Waals surface area (Å²) in [6, 6.07) is 5.25. The zero-order valence-electron chi connectivity index (χ0n) is 15.5. The number of alkyl halides is 1. The Morgan fingerprint density at radius 3 is 2.44 bits per heavy atom. The van der Waals surface area contributed by atoms with Crippen LogP contribution < -0.4 is 0 Å². The number of phenolic OH excluding ortho intramolecular Hbond substituents is 1. The monoisotopic (exact) mass is 386 g/mol. The average Bonchev–Trinajstić information content (AvgIpc) is 2.62. The molecule has 5 rings (SSSR count). The topological polar surface area (TPSA) is 55.8 Å². The van der Waals surface area contributed by atoms with Gasteiger partial charge in [0, 0.05) is 16.4 Å². The fourth-order valence-electron chi connectivity index (χ4n) is 5.41. The van der Waals surface area contributed by atoms with Gasteiger partial charge in [-0.3, -0.25) is 0 Å². The molecule has 1 aromatic rings. The van der Waals surface area contributed by atoms with Gasteiger partial charge >= 0.3 is 5.97 Å². The number of hydrogen-bond acceptors (Lipinski definition) is 4. The van der Waals surface area contributed by atoms with Crippen molar-refractivity contribution < 1.29 is 19.4 Å². The Labute approximate surface area is 164 Å². The predicted molar refractivity (Wildman–Crippen MR) is 103 cm³/mol. The van der Waals surface area contributed by atoms with E-state index in [0.717, 1.165) is 36.5 Å². The van der Waals surface area contributed by atoms with Crippen LogP contribution in [-0.2, 0) is 14.3 Å². The molecule has 0 amide bonds. The molecule has 1 N–H and O–H groups in total. The minimum atomic E-state index is -0.637. The lowest BCUT2D eigenvalue weighted by Crippen LogP contribution is -2.48. The molecule has 0 spiro atoms. The maximum absolute atomic E-state index is 11.2. The highest BCUT2D eigenvalue weighted by atomic mass is 35.5. The highest BCUT2D eigenvalue weighted by Gasteiger charge is 2.53. The van der Waals surface area contributed by atoms with E-state index in [1.54, 1.807) is 19.2 Å². The normalized spacial score (nSPS) is 30.5. The van der Waals surface area contributed by atoms with Crippen molar-refractivity contribution in [2.24, 2.45) is 17.8 Å². The Morgan fingerprint density at radius 1 is 1.19 bits per heavy atom. The van der Waals surface area contributed by atoms with Crippen LogP contribution in [0.1, 0.15) is 43.2 Å². The van der Waals surface area contributed by atoms with Gasteiger partial charge in [-0.15, -0.1) is 11.6 Å². The van der Waals surface area contributed by atoms with Crippen LogP contribution in [0, 0.1) is 29.6 Å². The SMILES string of the molecule is COC(=O)C#Cc1ccc(C(OC)=C2C3CC4CC2CC(Cl)(C4)C3)cc1O. The van der Waals surface area contributed by atoms with Gasteiger partial charge in [-0.25, -0.2) is 4.79 Å². The molecule has 0 saturated heterocycles. The highest BCUT2D eigenvalue weighted by Crippen LogP contribution is 2.61. The molecule has 0 heterocycles. The summed E-state index contributed by atoms with van der Waals surface area (Å²) in [6.07, 6.45) is 5.53. The number of allylic oxidation sites excluding steroid dienone is 1. The minimum Gasteiger partial charge on any atom is -0.507 e. The number of rotatable bonds is 2. The van der Waals surface area contributed by atoms with Crippen LogP contribution in [0.15, 0.2) is 23.8 Å². The lowest BCUT2D eigenvalue weighted by Gasteiger charge is -2.55. The molecule has 4 nitrogen and oxygen atoms in total. The second kappa shape index (κ2) is 6.80. The first-order valence-corrected chi connectivity index (χ1v) is 9.70. The van der Waals surface area contributed by atoms with Gasteiger partial charge < -0.3 is 14.6 Å². The number of carbonyl (C=O) groups is 1. The van der Waals surface area contributed by atoms with Crippen molar-refractivity contribution in [2.45, 2.75) is 37.0 Å². The lowest BCUT2D eigenvalue weighted by molar-refractivity contribution is -0.133. The molecule has 0 radical (unpaired) electrons. The fourth-order valence-corrected chi connectivity index (χ4v) is 6.00. The zero-order valence-corrected chi connectivity index (χ0v) is 16.3. The van der Waals surface area contributed by atoms with Gasteiger partial charge in [0.15, 0.2) is 0 Å². The predicted octanol–water partition coefficient (Wildman–Crippen LogP) is 4.09. The summed E-state index contributed by atoms with van der Waals surface area (Å²) in [5.41, 5.74) is 2.58. The fraction of sp³-hybridized carbons (Fsp3) is 0.500. The first kappa shape index (κ1) is 18.3. The van der Waals surface area contributed by atoms with Crippen molar-refractivity contribution in [3.05, 3.63) is 34.9 Å². The van der Waals surface area contributed by atoms with Crippen LogP contribution in [0.5, 0.6) is 5.75 Å². The smallest absolute Gasteiger partial charge is 0.384 e. The van der Waals surface area contributed by atoms with E-state index in [9.17, 15) is 9.90 Å². The summed E-state index contributed by atoms with van der Waals surface area (Å²) in [7, 11) is 2.96. The lowest BCUT2D eigenvalue weighted by atomic mass is 9.53. The Balaban J connectivity index is 1.69. The molecule has 142 valence electrons. The molecular formula is C22H23ClO4. The zero-order chi connectivity index (χ0) is 19.2. The second-order valence-electron chi connectivity index (χ2n) is 7.96. The Bertz CT molecular complexity index is 858. The number of halogens is 1. The number of benzene rings is 1. The van der Waals surface area contributed by atoms with Crippen molar-refractivity contribution in [2.75, 3.05) is 14.2 Å². The molecule has 4 fully saturated rings. The van der Waals surface area contributed by atoms with Gasteiger partial charge in [0.2, 0.25) is 0 Å². The van der Waals surface area contributed by atoms with Crippen LogP contribution in [0.4, 0.5) is 0 Å². The molecule has 2 unspecified atom stereocenters. The molecular weight excluding hydrogens is 364 g/mol. The van der Waals surface area contributed by atoms with Crippen molar-refractivity contribution in [1.29, 1.82) is 0 Å². The number of aromatic hydroxyl groups is 1. The van der Waals surface area contributed by atoms with Crippen molar-refractivity contribution in [3.8, 4) is 17.6 Å². The van der Waals surface area contributed by atoms with Gasteiger partial charge in [0.25, 0.3) is 0 Å². The summed E-state index contributed by atoms with van der Waals surface area (Å²) in [5.74, 6) is 6.86. The van der Waals surface area contributed by atoms with E-state index in [1.807, 2.05) is 6.07 Å². The molecule has 4 bridgehead atoms. The van der Waals surface area contributed by atoms with Crippen molar-refractivity contribution >= 4 is 23.3 Å². The van der Waals surface area contributed by atoms with Gasteiger partial charge in [0.05, 0.1) is 19.8 Å². The molecule has 2 atom stereocenters. The molecule has 0 aliphatic heterocycles. The largest absolute Gasteiger partial charge is 0.507 e. The first-order chi connectivity index (χ1) is 12.9. The third kappa shape index (κ3) is 3.30. The van der Waals surface area contributed by atoms with E-state index >= 15 is 0 Å². The standard InChI is InChI=1S/C22H23ClO4/c1-26-19(25)6-5-14-3-4-15(9-18(14)24)21(27-2)20-16-7-13-8-17(20)12-22(23,10-13)11-16/h3-4,9,13,16-17,24H,7-8,10-12H2,1-2H3. The van der Waals surface area contributed by atoms with E-state index in [2.05, 4.69) is 16.6 Å². The van der Waals surface area contributed by atoms with E-state index in [-0.39, 0.29) is 10.6 Å². The molecule has 5 heteroatoms. The van der Waals surface area contributed by atoms with Crippen LogP contribution in [-0.4, -0.2) is 30.2 Å². The summed E-state index contributed by atoms with van der Waals surface area (Å²) < 4.78 is 10.3. The summed E-state index contributed by atoms with van der Waals surface area (Å²) in [4.78, 5) is 11.1. The number of ether oxygens (including phenoxy) is 2. The highest BCUT2D eigenvalue weighted by molar-refractivity contribution is 6.24. The number of hydrogen-bond donors (Lipinski definition) is 1. The van der Waals surface area contributed by atoms with E-state index in [4.69, 9.17) is 16.3 Å². The van der Waals surface area contributed by atoms with E-state index < -0.39 is 5.97 Å². The van der Waals surface area contributed by atoms with Crippen molar-refractivity contribution in [3.63, 3.8) is 0 Å². The van der Waals surface area contributed by atoms with Crippen LogP contribution in [0.2, 0.25) is 0 Å². The first-order valence-electron chi connectivity index (χ1n) is 9.33. The van der Waals surface area contributed by atoms with Crippen LogP contribution in [0.3, 0.4) is 0 Å². The Morgan fingerprint density at radius 2 is 1.89 bits per heavy atom. The maximum atomic E-state index is 11.2. The van der Waals surface area contributed by atoms with Gasteiger partial charge in [0.1, 0.15) is 11.5 Å². The number of carbonyl (C=O) groups excluding carboxylic acids is 1. The summed E-state index contributed by atoms with van der Waals surface area (Å²) in [6.45, 7) is 0. The number of phenols is 1. The summed E-state index contributed by atoms with van der Waals surface area (Å²) >= 11 is 6.85. The second-order valence-corrected chi connectivity index (χ2v) is 8.76.